The van der Waals surface area contributed by atoms with Gasteiger partial charge in [-0.2, -0.15) is 0 Å². The summed E-state index contributed by atoms with van der Waals surface area (Å²) in [6, 6.07) is 6.29. The Bertz CT molecular complexity index is 1080. The number of aliphatic hydroxyl groups is 2. The topological polar surface area (TPSA) is 109 Å². The van der Waals surface area contributed by atoms with E-state index in [0.717, 1.165) is 0 Å². The molecular formula is C19H18O7. The number of aliphatic hydroxyl groups excluding tert-OH is 1. The zero-order valence-corrected chi connectivity index (χ0v) is 14.3. The van der Waals surface area contributed by atoms with E-state index in [9.17, 15) is 20.1 Å². The Labute approximate surface area is 148 Å². The second kappa shape index (κ2) is 5.62. The molecule has 3 aromatic rings. The molecule has 4 rings (SSSR count). The van der Waals surface area contributed by atoms with Crippen LogP contribution in [0, 0.1) is 0 Å². The summed E-state index contributed by atoms with van der Waals surface area (Å²) in [4.78, 5) is 12.9. The zero-order chi connectivity index (χ0) is 18.6. The summed E-state index contributed by atoms with van der Waals surface area (Å²) in [5.74, 6) is 0.448. The Kier molecular flexibility index (Phi) is 3.61. The molecule has 0 fully saturated rings. The van der Waals surface area contributed by atoms with Crippen LogP contribution in [0.1, 0.15) is 12.5 Å². The number of hydrogen-bond donors (Lipinski definition) is 3. The smallest absolute Gasteiger partial charge is 0.204 e. The maximum Gasteiger partial charge on any atom is 0.204 e. The number of para-hydroxylation sites is 1. The van der Waals surface area contributed by atoms with Gasteiger partial charge in [-0.05, 0) is 19.1 Å². The number of rotatable bonds is 3. The summed E-state index contributed by atoms with van der Waals surface area (Å²) in [6.45, 7) is 0.969. The molecule has 0 radical (unpaired) electrons. The average molecular weight is 358 g/mol. The van der Waals surface area contributed by atoms with Crippen molar-refractivity contribution >= 4 is 21.9 Å². The van der Waals surface area contributed by atoms with Crippen molar-refractivity contribution in [2.45, 2.75) is 25.0 Å². The number of phenols is 1. The predicted molar refractivity (Wildman–Crippen MR) is 94.0 cm³/mol. The summed E-state index contributed by atoms with van der Waals surface area (Å²) >= 11 is 0. The molecule has 0 saturated heterocycles. The lowest BCUT2D eigenvalue weighted by atomic mass is 9.95. The van der Waals surface area contributed by atoms with Gasteiger partial charge in [0.05, 0.1) is 19.1 Å². The van der Waals surface area contributed by atoms with E-state index in [1.165, 1.54) is 20.1 Å². The van der Waals surface area contributed by atoms with E-state index in [0.29, 0.717) is 22.4 Å². The van der Waals surface area contributed by atoms with E-state index in [4.69, 9.17) is 13.9 Å². The van der Waals surface area contributed by atoms with E-state index >= 15 is 0 Å². The fourth-order valence-electron chi connectivity index (χ4n) is 3.32. The number of hydrogen-bond acceptors (Lipinski definition) is 7. The Morgan fingerprint density at radius 2 is 2.12 bits per heavy atom. The normalized spacial score (nSPS) is 18.5. The van der Waals surface area contributed by atoms with Crippen LogP contribution in [-0.4, -0.2) is 40.7 Å². The molecule has 136 valence electrons. The summed E-state index contributed by atoms with van der Waals surface area (Å²) < 4.78 is 16.9. The summed E-state index contributed by atoms with van der Waals surface area (Å²) in [6.07, 6.45) is -0.505. The Morgan fingerprint density at radius 3 is 2.81 bits per heavy atom. The molecule has 2 atom stereocenters. The van der Waals surface area contributed by atoms with E-state index in [1.54, 1.807) is 18.2 Å². The van der Waals surface area contributed by atoms with Crippen molar-refractivity contribution in [1.29, 1.82) is 0 Å². The zero-order valence-electron chi connectivity index (χ0n) is 14.3. The lowest BCUT2D eigenvalue weighted by molar-refractivity contribution is -0.0729. The first-order valence-corrected chi connectivity index (χ1v) is 8.15. The van der Waals surface area contributed by atoms with Crippen LogP contribution in [0.3, 0.4) is 0 Å². The van der Waals surface area contributed by atoms with Gasteiger partial charge in [-0.25, -0.2) is 0 Å². The van der Waals surface area contributed by atoms with Gasteiger partial charge in [-0.15, -0.1) is 0 Å². The number of methoxy groups -OCH3 is 1. The first-order chi connectivity index (χ1) is 12.4. The minimum Gasteiger partial charge on any atom is -0.507 e. The lowest BCUT2D eigenvalue weighted by Gasteiger charge is -2.26. The molecule has 7 heteroatoms. The Balaban J connectivity index is 2.04. The van der Waals surface area contributed by atoms with Gasteiger partial charge in [-0.3, -0.25) is 4.79 Å². The molecule has 1 aliphatic heterocycles. The van der Waals surface area contributed by atoms with Crippen LogP contribution in [0.2, 0.25) is 0 Å². The molecule has 26 heavy (non-hydrogen) atoms. The van der Waals surface area contributed by atoms with Crippen molar-refractivity contribution in [3.63, 3.8) is 0 Å². The fraction of sp³-hybridized carbons (Fsp3) is 0.316. The van der Waals surface area contributed by atoms with E-state index < -0.39 is 18.3 Å². The number of aromatic hydroxyl groups is 1. The van der Waals surface area contributed by atoms with E-state index in [-0.39, 0.29) is 34.2 Å². The number of ether oxygens (including phenoxy) is 2. The Morgan fingerprint density at radius 1 is 1.35 bits per heavy atom. The van der Waals surface area contributed by atoms with Gasteiger partial charge >= 0.3 is 0 Å². The highest BCUT2D eigenvalue weighted by atomic mass is 16.5. The van der Waals surface area contributed by atoms with Gasteiger partial charge in [0.1, 0.15) is 34.2 Å². The van der Waals surface area contributed by atoms with E-state index in [2.05, 4.69) is 0 Å². The molecule has 0 spiro atoms. The molecule has 2 aromatic carbocycles. The van der Waals surface area contributed by atoms with Gasteiger partial charge in [0.15, 0.2) is 11.3 Å². The third-order valence-corrected chi connectivity index (χ3v) is 4.87. The Hall–Kier alpha value is -2.77. The van der Waals surface area contributed by atoms with Crippen molar-refractivity contribution in [2.24, 2.45) is 0 Å². The molecule has 0 unspecified atom stereocenters. The average Bonchev–Trinajstić information content (AvgIpc) is 3.06. The maximum atomic E-state index is 12.9. The summed E-state index contributed by atoms with van der Waals surface area (Å²) in [7, 11) is 1.48. The van der Waals surface area contributed by atoms with Crippen LogP contribution in [0.4, 0.5) is 0 Å². The van der Waals surface area contributed by atoms with Crippen molar-refractivity contribution in [2.75, 3.05) is 13.7 Å². The maximum absolute atomic E-state index is 12.9. The first-order valence-electron chi connectivity index (χ1n) is 8.15. The van der Waals surface area contributed by atoms with Gasteiger partial charge in [0, 0.05) is 18.1 Å². The van der Waals surface area contributed by atoms with Crippen molar-refractivity contribution < 1.29 is 29.2 Å². The van der Waals surface area contributed by atoms with Crippen LogP contribution in [0.5, 0.6) is 17.2 Å². The second-order valence-corrected chi connectivity index (χ2v) is 6.67. The minimum atomic E-state index is -1.48. The SMILES string of the molecule is COc1cccc2c(=O)c3c(O)cc4c(c3oc12)C[C@H]([C@@](C)(O)CO)O4. The molecule has 0 aliphatic carbocycles. The first kappa shape index (κ1) is 16.7. The van der Waals surface area contributed by atoms with Crippen molar-refractivity contribution in [3.05, 3.63) is 40.1 Å². The van der Waals surface area contributed by atoms with E-state index in [1.807, 2.05) is 0 Å². The van der Waals surface area contributed by atoms with Gasteiger partial charge in [0.25, 0.3) is 0 Å². The standard InChI is InChI=1S/C19H18O7/c1-19(23,8-20)14-6-10-13(25-14)7-11(21)15-16(22)9-4-3-5-12(24-2)17(9)26-18(10)15/h3-5,7,14,20-21,23H,6,8H2,1-2H3/t14-,19+/m1/s1. The molecule has 7 nitrogen and oxygen atoms in total. The van der Waals surface area contributed by atoms with Crippen LogP contribution in [0.25, 0.3) is 21.9 Å². The number of fused-ring (bicyclic) bond motifs is 4. The highest BCUT2D eigenvalue weighted by Crippen LogP contribution is 2.42. The highest BCUT2D eigenvalue weighted by molar-refractivity contribution is 5.97. The molecule has 2 heterocycles. The van der Waals surface area contributed by atoms with Crippen LogP contribution in [-0.2, 0) is 6.42 Å². The quantitative estimate of drug-likeness (QED) is 0.612. The van der Waals surface area contributed by atoms with Gasteiger partial charge < -0.3 is 29.2 Å². The molecule has 1 aliphatic rings. The van der Waals surface area contributed by atoms with Gasteiger partial charge in [0.2, 0.25) is 5.43 Å². The predicted octanol–water partition coefficient (Wildman–Crippen LogP) is 1.71. The van der Waals surface area contributed by atoms with Crippen LogP contribution in [0.15, 0.2) is 33.5 Å². The minimum absolute atomic E-state index is 0.0531. The summed E-state index contributed by atoms with van der Waals surface area (Å²) in [5.41, 5.74) is -0.828. The lowest BCUT2D eigenvalue weighted by Crippen LogP contribution is -2.45. The largest absolute Gasteiger partial charge is 0.507 e. The van der Waals surface area contributed by atoms with Crippen molar-refractivity contribution in [3.8, 4) is 17.2 Å². The molecule has 0 bridgehead atoms. The molecule has 1 aromatic heterocycles. The molecule has 0 amide bonds. The number of benzene rings is 2. The third-order valence-electron chi connectivity index (χ3n) is 4.87. The number of phenolic OH excluding ortho intramolecular Hbond substituents is 1. The molecule has 3 N–H and O–H groups in total. The monoisotopic (exact) mass is 358 g/mol. The third kappa shape index (κ3) is 2.24. The van der Waals surface area contributed by atoms with Crippen molar-refractivity contribution in [1.82, 2.24) is 0 Å². The van der Waals surface area contributed by atoms with Crippen LogP contribution < -0.4 is 14.9 Å². The van der Waals surface area contributed by atoms with Crippen LogP contribution >= 0.6 is 0 Å². The fourth-order valence-corrected chi connectivity index (χ4v) is 3.32. The highest BCUT2D eigenvalue weighted by Gasteiger charge is 2.40. The van der Waals surface area contributed by atoms with Gasteiger partial charge in [-0.1, -0.05) is 6.07 Å². The summed E-state index contributed by atoms with van der Waals surface area (Å²) in [5, 5.41) is 30.4. The molecule has 0 saturated carbocycles. The second-order valence-electron chi connectivity index (χ2n) is 6.67. The molecular weight excluding hydrogens is 340 g/mol.